The van der Waals surface area contributed by atoms with E-state index in [-0.39, 0.29) is 24.5 Å². The Morgan fingerprint density at radius 2 is 1.80 bits per heavy atom. The summed E-state index contributed by atoms with van der Waals surface area (Å²) in [6.45, 7) is 7.74. The highest BCUT2D eigenvalue weighted by atomic mass is 16.5. The molecule has 4 nitrogen and oxygen atoms in total. The molecule has 0 spiro atoms. The van der Waals surface area contributed by atoms with Crippen LogP contribution in [0.15, 0.2) is 12.7 Å². The number of esters is 1. The van der Waals surface area contributed by atoms with Gasteiger partial charge in [-0.3, -0.25) is 9.59 Å². The summed E-state index contributed by atoms with van der Waals surface area (Å²) in [6.07, 6.45) is 9.25. The van der Waals surface area contributed by atoms with Gasteiger partial charge < -0.3 is 10.1 Å². The summed E-state index contributed by atoms with van der Waals surface area (Å²) in [6, 6.07) is -0.0344. The average Bonchev–Trinajstić information content (AvgIpc) is 2.44. The fourth-order valence-corrected chi connectivity index (χ4v) is 1.85. The molecule has 0 aromatic heterocycles. The minimum atomic E-state index is -0.297. The van der Waals surface area contributed by atoms with Crippen molar-refractivity contribution >= 4 is 11.9 Å². The summed E-state index contributed by atoms with van der Waals surface area (Å²) in [5.74, 6) is -0.551. The third-order valence-electron chi connectivity index (χ3n) is 3.10. The van der Waals surface area contributed by atoms with Crippen LogP contribution in [0, 0.1) is 0 Å². The van der Waals surface area contributed by atoms with E-state index in [1.807, 2.05) is 0 Å². The first kappa shape index (κ1) is 18.7. The van der Waals surface area contributed by atoms with E-state index >= 15 is 0 Å². The van der Waals surface area contributed by atoms with Gasteiger partial charge in [-0.15, -0.1) is 6.58 Å². The van der Waals surface area contributed by atoms with Crippen molar-refractivity contribution in [3.63, 3.8) is 0 Å². The lowest BCUT2D eigenvalue weighted by Gasteiger charge is -2.14. The fraction of sp³-hybridized carbons (Fsp3) is 0.750. The maximum Gasteiger partial charge on any atom is 0.306 e. The Balaban J connectivity index is 3.78. The molecule has 0 heterocycles. The normalized spacial score (nSPS) is 11.7. The maximum absolute atomic E-state index is 11.6. The van der Waals surface area contributed by atoms with E-state index < -0.39 is 0 Å². The topological polar surface area (TPSA) is 55.4 Å². The summed E-state index contributed by atoms with van der Waals surface area (Å²) in [4.78, 5) is 23.0. The Labute approximate surface area is 123 Å². The van der Waals surface area contributed by atoms with Crippen LogP contribution in [0.3, 0.4) is 0 Å². The highest BCUT2D eigenvalue weighted by Crippen LogP contribution is 2.04. The van der Waals surface area contributed by atoms with Gasteiger partial charge in [0.2, 0.25) is 0 Å². The van der Waals surface area contributed by atoms with Crippen molar-refractivity contribution in [2.75, 3.05) is 6.61 Å². The van der Waals surface area contributed by atoms with E-state index in [0.29, 0.717) is 6.42 Å². The largest absolute Gasteiger partial charge is 0.456 e. The molecule has 0 saturated heterocycles. The number of rotatable bonds is 12. The second-order valence-corrected chi connectivity index (χ2v) is 5.02. The molecule has 0 bridgehead atoms. The quantitative estimate of drug-likeness (QED) is 0.339. The van der Waals surface area contributed by atoms with Crippen LogP contribution in [0.25, 0.3) is 0 Å². The van der Waals surface area contributed by atoms with E-state index in [0.717, 1.165) is 44.9 Å². The number of ether oxygens (including phenoxy) is 1. The Bertz CT molecular complexity index is 289. The van der Waals surface area contributed by atoms with E-state index in [2.05, 4.69) is 25.7 Å². The Morgan fingerprint density at radius 3 is 2.40 bits per heavy atom. The minimum Gasteiger partial charge on any atom is -0.456 e. The van der Waals surface area contributed by atoms with E-state index in [9.17, 15) is 9.59 Å². The zero-order valence-corrected chi connectivity index (χ0v) is 13.0. The highest BCUT2D eigenvalue weighted by Gasteiger charge is 2.11. The predicted molar refractivity (Wildman–Crippen MR) is 81.4 cm³/mol. The second-order valence-electron chi connectivity index (χ2n) is 5.02. The van der Waals surface area contributed by atoms with Crippen LogP contribution in [0.5, 0.6) is 0 Å². The van der Waals surface area contributed by atoms with Crippen molar-refractivity contribution in [1.82, 2.24) is 5.32 Å². The van der Waals surface area contributed by atoms with Gasteiger partial charge >= 0.3 is 5.97 Å². The molecule has 1 amide bonds. The van der Waals surface area contributed by atoms with Crippen molar-refractivity contribution in [3.05, 3.63) is 12.7 Å². The highest BCUT2D eigenvalue weighted by molar-refractivity contribution is 5.80. The average molecular weight is 283 g/mol. The minimum absolute atomic E-state index is 0.0344. The standard InChI is InChI=1S/C16H29NO3/c1-4-7-9-11-14(6-3)17-15(18)13-20-16(19)12-10-8-5-2/h6,14H,3-5,7-13H2,1-2H3,(H,17,18)/t14-/m1/s1. The monoisotopic (exact) mass is 283 g/mol. The van der Waals surface area contributed by atoms with Crippen molar-refractivity contribution in [2.45, 2.75) is 71.3 Å². The zero-order chi connectivity index (χ0) is 15.2. The number of nitrogens with one attached hydrogen (secondary N) is 1. The van der Waals surface area contributed by atoms with Gasteiger partial charge in [-0.2, -0.15) is 0 Å². The smallest absolute Gasteiger partial charge is 0.306 e. The lowest BCUT2D eigenvalue weighted by molar-refractivity contribution is -0.148. The van der Waals surface area contributed by atoms with Gasteiger partial charge in [0.15, 0.2) is 6.61 Å². The van der Waals surface area contributed by atoms with Gasteiger partial charge in [-0.05, 0) is 12.8 Å². The molecule has 0 aliphatic rings. The number of hydrogen-bond donors (Lipinski definition) is 1. The van der Waals surface area contributed by atoms with Gasteiger partial charge in [0.05, 0.1) is 0 Å². The van der Waals surface area contributed by atoms with E-state index in [4.69, 9.17) is 4.74 Å². The van der Waals surface area contributed by atoms with Crippen molar-refractivity contribution in [1.29, 1.82) is 0 Å². The summed E-state index contributed by atoms with van der Waals surface area (Å²) >= 11 is 0. The molecule has 4 heteroatoms. The molecule has 0 unspecified atom stereocenters. The molecule has 0 radical (unpaired) electrons. The Hall–Kier alpha value is -1.32. The molecule has 20 heavy (non-hydrogen) atoms. The molecule has 1 atom stereocenters. The number of unbranched alkanes of at least 4 members (excludes halogenated alkanes) is 4. The van der Waals surface area contributed by atoms with Crippen molar-refractivity contribution in [3.8, 4) is 0 Å². The number of hydrogen-bond acceptors (Lipinski definition) is 3. The Kier molecular flexibility index (Phi) is 11.9. The van der Waals surface area contributed by atoms with Gasteiger partial charge in [-0.25, -0.2) is 0 Å². The van der Waals surface area contributed by atoms with Gasteiger partial charge in [0.25, 0.3) is 5.91 Å². The van der Waals surface area contributed by atoms with Gasteiger partial charge in [0.1, 0.15) is 0 Å². The first-order chi connectivity index (χ1) is 9.63. The molecule has 0 rings (SSSR count). The summed E-state index contributed by atoms with van der Waals surface area (Å²) in [5.41, 5.74) is 0. The molecule has 0 fully saturated rings. The Morgan fingerprint density at radius 1 is 1.15 bits per heavy atom. The summed E-state index contributed by atoms with van der Waals surface area (Å²) < 4.78 is 4.94. The van der Waals surface area contributed by atoms with Gasteiger partial charge in [0, 0.05) is 12.5 Å². The molecule has 0 aromatic rings. The maximum atomic E-state index is 11.6. The lowest BCUT2D eigenvalue weighted by Crippen LogP contribution is -2.36. The van der Waals surface area contributed by atoms with Crippen LogP contribution in [-0.4, -0.2) is 24.5 Å². The molecule has 0 aliphatic carbocycles. The lowest BCUT2D eigenvalue weighted by atomic mass is 10.1. The zero-order valence-electron chi connectivity index (χ0n) is 13.0. The number of carbonyl (C=O) groups excluding carboxylic acids is 2. The molecule has 0 saturated carbocycles. The van der Waals surface area contributed by atoms with Crippen LogP contribution in [0.4, 0.5) is 0 Å². The molecular formula is C16H29NO3. The third kappa shape index (κ3) is 10.6. The van der Waals surface area contributed by atoms with Crippen LogP contribution >= 0.6 is 0 Å². The number of amides is 1. The molecule has 0 aromatic carbocycles. The van der Waals surface area contributed by atoms with E-state index in [1.54, 1.807) is 6.08 Å². The van der Waals surface area contributed by atoms with Crippen LogP contribution in [0.1, 0.15) is 65.2 Å². The summed E-state index contributed by atoms with van der Waals surface area (Å²) in [7, 11) is 0. The predicted octanol–water partition coefficient (Wildman–Crippen LogP) is 3.36. The summed E-state index contributed by atoms with van der Waals surface area (Å²) in [5, 5.41) is 2.81. The first-order valence-electron chi connectivity index (χ1n) is 7.71. The molecule has 0 aliphatic heterocycles. The second kappa shape index (κ2) is 12.7. The third-order valence-corrected chi connectivity index (χ3v) is 3.10. The number of carbonyl (C=O) groups is 2. The van der Waals surface area contributed by atoms with E-state index in [1.165, 1.54) is 0 Å². The molecular weight excluding hydrogens is 254 g/mol. The van der Waals surface area contributed by atoms with Crippen molar-refractivity contribution < 1.29 is 14.3 Å². The fourth-order valence-electron chi connectivity index (χ4n) is 1.85. The SMILES string of the molecule is C=C[C@H](CCCCC)NC(=O)COC(=O)CCCCC. The van der Waals surface area contributed by atoms with Crippen molar-refractivity contribution in [2.24, 2.45) is 0 Å². The van der Waals surface area contributed by atoms with Crippen LogP contribution < -0.4 is 5.32 Å². The van der Waals surface area contributed by atoms with Crippen LogP contribution in [-0.2, 0) is 14.3 Å². The first-order valence-corrected chi connectivity index (χ1v) is 7.71. The molecule has 1 N–H and O–H groups in total. The van der Waals surface area contributed by atoms with Crippen LogP contribution in [0.2, 0.25) is 0 Å². The molecule has 116 valence electrons. The van der Waals surface area contributed by atoms with Gasteiger partial charge in [-0.1, -0.05) is 52.0 Å².